The molecule has 21 heavy (non-hydrogen) atoms. The fourth-order valence-electron chi connectivity index (χ4n) is 2.19. The summed E-state index contributed by atoms with van der Waals surface area (Å²) < 4.78 is 0. The Hall–Kier alpha value is -1.84. The summed E-state index contributed by atoms with van der Waals surface area (Å²) in [6.07, 6.45) is 0. The van der Waals surface area contributed by atoms with E-state index >= 15 is 0 Å². The van der Waals surface area contributed by atoms with E-state index < -0.39 is 0 Å². The van der Waals surface area contributed by atoms with Crippen molar-refractivity contribution in [2.75, 3.05) is 11.4 Å². The quantitative estimate of drug-likeness (QED) is 0.926. The van der Waals surface area contributed by atoms with Crippen LogP contribution in [-0.4, -0.2) is 23.9 Å². The molecule has 1 aromatic carbocycles. The number of benzene rings is 1. The van der Waals surface area contributed by atoms with Gasteiger partial charge in [0.15, 0.2) is 0 Å². The van der Waals surface area contributed by atoms with Gasteiger partial charge in [-0.25, -0.2) is 0 Å². The third-order valence-electron chi connectivity index (χ3n) is 3.05. The maximum absolute atomic E-state index is 12.1. The van der Waals surface area contributed by atoms with Crippen LogP contribution < -0.4 is 10.2 Å². The van der Waals surface area contributed by atoms with Gasteiger partial charge in [-0.05, 0) is 38.3 Å². The number of amides is 2. The lowest BCUT2D eigenvalue weighted by Gasteiger charge is -2.27. The number of para-hydroxylation sites is 1. The third-order valence-corrected chi connectivity index (χ3v) is 3.05. The topological polar surface area (TPSA) is 49.4 Å². The summed E-state index contributed by atoms with van der Waals surface area (Å²) in [6.45, 7) is 11.4. The normalized spacial score (nSPS) is 11.4. The first-order valence-corrected chi connectivity index (χ1v) is 7.30. The van der Waals surface area contributed by atoms with E-state index in [1.165, 1.54) is 11.8 Å². The van der Waals surface area contributed by atoms with Gasteiger partial charge in [-0.2, -0.15) is 0 Å². The summed E-state index contributed by atoms with van der Waals surface area (Å²) in [6, 6.07) is 7.73. The zero-order valence-corrected chi connectivity index (χ0v) is 13.9. The molecule has 0 unspecified atom stereocenters. The van der Waals surface area contributed by atoms with Crippen LogP contribution in [0.5, 0.6) is 0 Å². The standard InChI is InChI=1S/C17H26N2O2/c1-12(2)14-9-7-8-10-15(14)19(13(3)20)11-16(21)18-17(4,5)6/h7-10,12H,11H2,1-6H3,(H,18,21). The molecule has 4 nitrogen and oxygen atoms in total. The maximum Gasteiger partial charge on any atom is 0.240 e. The Kier molecular flexibility index (Phi) is 5.53. The molecule has 1 N–H and O–H groups in total. The van der Waals surface area contributed by atoms with Gasteiger partial charge in [0.2, 0.25) is 11.8 Å². The summed E-state index contributed by atoms with van der Waals surface area (Å²) in [7, 11) is 0. The first-order chi connectivity index (χ1) is 9.61. The van der Waals surface area contributed by atoms with Crippen LogP contribution in [0, 0.1) is 0 Å². The van der Waals surface area contributed by atoms with Gasteiger partial charge in [0.05, 0.1) is 0 Å². The lowest BCUT2D eigenvalue weighted by molar-refractivity contribution is -0.124. The molecule has 2 amide bonds. The number of carbonyl (C=O) groups excluding carboxylic acids is 2. The number of nitrogens with zero attached hydrogens (tertiary/aromatic N) is 1. The van der Waals surface area contributed by atoms with E-state index in [1.54, 1.807) is 0 Å². The van der Waals surface area contributed by atoms with Crippen molar-refractivity contribution in [3.63, 3.8) is 0 Å². The molecule has 1 aromatic rings. The fraction of sp³-hybridized carbons (Fsp3) is 0.529. The average molecular weight is 290 g/mol. The predicted octanol–water partition coefficient (Wildman–Crippen LogP) is 3.08. The SMILES string of the molecule is CC(=O)N(CC(=O)NC(C)(C)C)c1ccccc1C(C)C. The second-order valence-electron chi connectivity index (χ2n) is 6.62. The van der Waals surface area contributed by atoms with Crippen molar-refractivity contribution in [2.45, 2.75) is 53.0 Å². The first-order valence-electron chi connectivity index (χ1n) is 7.30. The van der Waals surface area contributed by atoms with Crippen molar-refractivity contribution in [3.8, 4) is 0 Å². The molecule has 0 aliphatic carbocycles. The van der Waals surface area contributed by atoms with Crippen LogP contribution in [0.4, 0.5) is 5.69 Å². The van der Waals surface area contributed by atoms with Crippen LogP contribution in [0.15, 0.2) is 24.3 Å². The molecule has 0 bridgehead atoms. The zero-order valence-electron chi connectivity index (χ0n) is 13.9. The molecule has 116 valence electrons. The molecular formula is C17H26N2O2. The Morgan fingerprint density at radius 2 is 1.76 bits per heavy atom. The molecule has 0 heterocycles. The molecule has 0 radical (unpaired) electrons. The van der Waals surface area contributed by atoms with Crippen LogP contribution in [0.2, 0.25) is 0 Å². The minimum Gasteiger partial charge on any atom is -0.350 e. The Balaban J connectivity index is 3.04. The largest absolute Gasteiger partial charge is 0.350 e. The van der Waals surface area contributed by atoms with Gasteiger partial charge in [0.25, 0.3) is 0 Å². The molecule has 0 fully saturated rings. The molecular weight excluding hydrogens is 264 g/mol. The highest BCUT2D eigenvalue weighted by Crippen LogP contribution is 2.27. The molecule has 0 spiro atoms. The van der Waals surface area contributed by atoms with Crippen molar-refractivity contribution in [3.05, 3.63) is 29.8 Å². The molecule has 4 heteroatoms. The van der Waals surface area contributed by atoms with Crippen molar-refractivity contribution in [1.82, 2.24) is 5.32 Å². The fourth-order valence-corrected chi connectivity index (χ4v) is 2.19. The zero-order chi connectivity index (χ0) is 16.2. The molecule has 1 rings (SSSR count). The summed E-state index contributed by atoms with van der Waals surface area (Å²) in [4.78, 5) is 25.6. The number of anilines is 1. The van der Waals surface area contributed by atoms with Crippen molar-refractivity contribution >= 4 is 17.5 Å². The van der Waals surface area contributed by atoms with E-state index in [4.69, 9.17) is 0 Å². The molecule has 0 aliphatic rings. The Labute approximate surface area is 127 Å². The lowest BCUT2D eigenvalue weighted by atomic mass is 10.0. The van der Waals surface area contributed by atoms with Crippen molar-refractivity contribution in [1.29, 1.82) is 0 Å². The molecule has 0 aliphatic heterocycles. The first kappa shape index (κ1) is 17.2. The molecule has 0 saturated carbocycles. The Morgan fingerprint density at radius 1 is 1.19 bits per heavy atom. The number of hydrogen-bond acceptors (Lipinski definition) is 2. The second-order valence-corrected chi connectivity index (χ2v) is 6.62. The summed E-state index contributed by atoms with van der Waals surface area (Å²) in [5.74, 6) is -0.00264. The van der Waals surface area contributed by atoms with Crippen molar-refractivity contribution in [2.24, 2.45) is 0 Å². The smallest absolute Gasteiger partial charge is 0.240 e. The van der Waals surface area contributed by atoms with Crippen LogP contribution in [-0.2, 0) is 9.59 Å². The van der Waals surface area contributed by atoms with E-state index in [9.17, 15) is 9.59 Å². The second kappa shape index (κ2) is 6.74. The van der Waals surface area contributed by atoms with E-state index in [-0.39, 0.29) is 29.8 Å². The highest BCUT2D eigenvalue weighted by Gasteiger charge is 2.21. The number of carbonyl (C=O) groups is 2. The highest BCUT2D eigenvalue weighted by molar-refractivity contribution is 5.98. The van der Waals surface area contributed by atoms with Gasteiger partial charge in [0.1, 0.15) is 6.54 Å². The van der Waals surface area contributed by atoms with Crippen molar-refractivity contribution < 1.29 is 9.59 Å². The van der Waals surface area contributed by atoms with Gasteiger partial charge in [-0.3, -0.25) is 9.59 Å². The van der Waals surface area contributed by atoms with Gasteiger partial charge >= 0.3 is 0 Å². The van der Waals surface area contributed by atoms with Gasteiger partial charge in [-0.15, -0.1) is 0 Å². The predicted molar refractivity (Wildman–Crippen MR) is 86.5 cm³/mol. The van der Waals surface area contributed by atoms with E-state index in [1.807, 2.05) is 45.0 Å². The Bertz CT molecular complexity index is 516. The Morgan fingerprint density at radius 3 is 2.24 bits per heavy atom. The molecule has 0 aromatic heterocycles. The molecule has 0 saturated heterocycles. The lowest BCUT2D eigenvalue weighted by Crippen LogP contribution is -2.47. The van der Waals surface area contributed by atoms with Crippen LogP contribution >= 0.6 is 0 Å². The monoisotopic (exact) mass is 290 g/mol. The highest BCUT2D eigenvalue weighted by atomic mass is 16.2. The third kappa shape index (κ3) is 5.21. The summed E-state index contributed by atoms with van der Waals surface area (Å²) >= 11 is 0. The number of hydrogen-bond donors (Lipinski definition) is 1. The van der Waals surface area contributed by atoms with Crippen LogP contribution in [0.25, 0.3) is 0 Å². The van der Waals surface area contributed by atoms with Gasteiger partial charge in [-0.1, -0.05) is 32.0 Å². The van der Waals surface area contributed by atoms with Crippen LogP contribution in [0.3, 0.4) is 0 Å². The van der Waals surface area contributed by atoms with E-state index in [2.05, 4.69) is 19.2 Å². The maximum atomic E-state index is 12.1. The van der Waals surface area contributed by atoms with E-state index in [0.29, 0.717) is 0 Å². The number of nitrogens with one attached hydrogen (secondary N) is 1. The molecule has 0 atom stereocenters. The minimum atomic E-state index is -0.308. The van der Waals surface area contributed by atoms with Gasteiger partial charge < -0.3 is 10.2 Å². The van der Waals surface area contributed by atoms with E-state index in [0.717, 1.165) is 11.3 Å². The number of rotatable bonds is 4. The average Bonchev–Trinajstić information content (AvgIpc) is 2.33. The van der Waals surface area contributed by atoms with Gasteiger partial charge in [0, 0.05) is 18.2 Å². The minimum absolute atomic E-state index is 0.0380. The summed E-state index contributed by atoms with van der Waals surface area (Å²) in [5.41, 5.74) is 1.57. The summed E-state index contributed by atoms with van der Waals surface area (Å²) in [5, 5.41) is 2.89. The van der Waals surface area contributed by atoms with Crippen LogP contribution in [0.1, 0.15) is 53.0 Å².